The van der Waals surface area contributed by atoms with Gasteiger partial charge in [-0.3, -0.25) is 9.80 Å². The zero-order valence-corrected chi connectivity index (χ0v) is 26.9. The van der Waals surface area contributed by atoms with Gasteiger partial charge in [-0.25, -0.2) is 8.42 Å². The van der Waals surface area contributed by atoms with Crippen molar-refractivity contribution in [3.05, 3.63) is 101 Å². The SMILES string of the molecule is CCN([C@H]1CN(Cc2ccccc2)CCN(Cc2ccccc2)C[C@H]1OC1CCCO1)S(=O)(=O)c1c(C)cc(C)cc1C. The maximum absolute atomic E-state index is 14.6. The van der Waals surface area contributed by atoms with Crippen LogP contribution in [0.4, 0.5) is 0 Å². The smallest absolute Gasteiger partial charge is 0.243 e. The molecule has 0 amide bonds. The fourth-order valence-corrected chi connectivity index (χ4v) is 8.79. The molecule has 2 aliphatic rings. The predicted molar refractivity (Wildman–Crippen MR) is 171 cm³/mol. The number of hydrogen-bond acceptors (Lipinski definition) is 6. The third-order valence-corrected chi connectivity index (χ3v) is 10.9. The highest BCUT2D eigenvalue weighted by Gasteiger charge is 2.41. The number of hydrogen-bond donors (Lipinski definition) is 0. The van der Waals surface area contributed by atoms with Crippen LogP contribution in [-0.2, 0) is 32.6 Å². The van der Waals surface area contributed by atoms with E-state index in [4.69, 9.17) is 9.47 Å². The first kappa shape index (κ1) is 31.8. The average molecular weight is 606 g/mol. The summed E-state index contributed by atoms with van der Waals surface area (Å²) in [6, 6.07) is 24.5. The van der Waals surface area contributed by atoms with Crippen LogP contribution in [0.5, 0.6) is 0 Å². The molecule has 7 nitrogen and oxygen atoms in total. The van der Waals surface area contributed by atoms with E-state index < -0.39 is 16.1 Å². The summed E-state index contributed by atoms with van der Waals surface area (Å²) >= 11 is 0. The van der Waals surface area contributed by atoms with Gasteiger partial charge < -0.3 is 9.47 Å². The topological polar surface area (TPSA) is 62.3 Å². The summed E-state index contributed by atoms with van der Waals surface area (Å²) in [7, 11) is -3.83. The molecule has 8 heteroatoms. The summed E-state index contributed by atoms with van der Waals surface area (Å²) in [5.74, 6) is 0. The fraction of sp³-hybridized carbons (Fsp3) is 0.486. The van der Waals surface area contributed by atoms with Crippen LogP contribution < -0.4 is 0 Å². The molecule has 0 bridgehead atoms. The van der Waals surface area contributed by atoms with E-state index in [1.54, 1.807) is 4.31 Å². The van der Waals surface area contributed by atoms with Gasteiger partial charge in [0.15, 0.2) is 6.29 Å². The lowest BCUT2D eigenvalue weighted by Crippen LogP contribution is -2.59. The van der Waals surface area contributed by atoms with Gasteiger partial charge in [0.25, 0.3) is 0 Å². The van der Waals surface area contributed by atoms with Crippen molar-refractivity contribution in [2.75, 3.05) is 39.3 Å². The zero-order valence-electron chi connectivity index (χ0n) is 26.1. The molecule has 5 rings (SSSR count). The molecule has 2 aliphatic heterocycles. The molecule has 0 aliphatic carbocycles. The molecule has 0 radical (unpaired) electrons. The van der Waals surface area contributed by atoms with Gasteiger partial charge in [0, 0.05) is 58.8 Å². The number of benzene rings is 3. The Hall–Kier alpha value is -2.59. The summed E-state index contributed by atoms with van der Waals surface area (Å²) in [5.41, 5.74) is 5.07. The van der Waals surface area contributed by atoms with E-state index in [0.29, 0.717) is 31.1 Å². The summed E-state index contributed by atoms with van der Waals surface area (Å²) in [4.78, 5) is 5.23. The molecule has 0 aromatic heterocycles. The minimum atomic E-state index is -3.83. The molecule has 1 unspecified atom stereocenters. The van der Waals surface area contributed by atoms with Gasteiger partial charge >= 0.3 is 0 Å². The quantitative estimate of drug-likeness (QED) is 0.303. The second-order valence-electron chi connectivity index (χ2n) is 12.1. The van der Waals surface area contributed by atoms with Gasteiger partial charge in [0.05, 0.1) is 17.0 Å². The molecule has 2 saturated heterocycles. The van der Waals surface area contributed by atoms with E-state index >= 15 is 0 Å². The zero-order chi connectivity index (χ0) is 30.4. The van der Waals surface area contributed by atoms with Crippen LogP contribution in [0.3, 0.4) is 0 Å². The fourth-order valence-electron chi connectivity index (χ4n) is 6.73. The molecule has 3 aromatic carbocycles. The van der Waals surface area contributed by atoms with Crippen molar-refractivity contribution in [1.29, 1.82) is 0 Å². The summed E-state index contributed by atoms with van der Waals surface area (Å²) in [6.45, 7) is 13.2. The molecular formula is C35H47N3O4S. The van der Waals surface area contributed by atoms with Gasteiger partial charge in [-0.15, -0.1) is 0 Å². The third-order valence-electron chi connectivity index (χ3n) is 8.61. The van der Waals surface area contributed by atoms with Crippen molar-refractivity contribution < 1.29 is 17.9 Å². The van der Waals surface area contributed by atoms with Gasteiger partial charge in [-0.05, 0) is 49.4 Å². The number of aryl methyl sites for hydroxylation is 3. The van der Waals surface area contributed by atoms with Crippen LogP contribution in [0.25, 0.3) is 0 Å². The van der Waals surface area contributed by atoms with E-state index in [0.717, 1.165) is 55.7 Å². The summed E-state index contributed by atoms with van der Waals surface area (Å²) < 4.78 is 43.7. The molecule has 0 N–H and O–H groups in total. The van der Waals surface area contributed by atoms with E-state index in [2.05, 4.69) is 58.3 Å². The highest BCUT2D eigenvalue weighted by atomic mass is 32.2. The Morgan fingerprint density at radius 3 is 1.93 bits per heavy atom. The van der Waals surface area contributed by atoms with Crippen LogP contribution in [0, 0.1) is 20.8 Å². The Bertz CT molecular complexity index is 1400. The standard InChI is InChI=1S/C35H47N3O4S/c1-5-38(43(39,40)35-28(3)21-27(2)22-29(35)4)32-25-36(23-30-13-8-6-9-14-30)18-19-37(24-31-15-10-7-11-16-31)26-33(32)42-34-17-12-20-41-34/h6-11,13-16,21-22,32-34H,5,12,17-20,23-26H2,1-4H3/t32-,33+,34?/m0/s1. The first-order chi connectivity index (χ1) is 20.7. The van der Waals surface area contributed by atoms with Crippen LogP contribution in [0.2, 0.25) is 0 Å². The van der Waals surface area contributed by atoms with Crippen LogP contribution >= 0.6 is 0 Å². The Labute approximate surface area is 258 Å². The number of likely N-dealkylation sites (N-methyl/N-ethyl adjacent to an activating group) is 1. The molecule has 0 saturated carbocycles. The molecule has 2 fully saturated rings. The lowest BCUT2D eigenvalue weighted by atomic mass is 10.1. The maximum Gasteiger partial charge on any atom is 0.243 e. The molecule has 3 aromatic rings. The number of ether oxygens (including phenoxy) is 2. The highest BCUT2D eigenvalue weighted by Crippen LogP contribution is 2.30. The molecule has 0 spiro atoms. The maximum atomic E-state index is 14.6. The second kappa shape index (κ2) is 14.5. The monoisotopic (exact) mass is 605 g/mol. The highest BCUT2D eigenvalue weighted by molar-refractivity contribution is 7.89. The van der Waals surface area contributed by atoms with Gasteiger partial charge in [0.2, 0.25) is 10.0 Å². The summed E-state index contributed by atoms with van der Waals surface area (Å²) in [5, 5.41) is 0. The Morgan fingerprint density at radius 1 is 0.860 bits per heavy atom. The van der Waals surface area contributed by atoms with E-state index in [1.165, 1.54) is 11.1 Å². The first-order valence-electron chi connectivity index (χ1n) is 15.6. The van der Waals surface area contributed by atoms with Crippen LogP contribution in [0.15, 0.2) is 77.7 Å². The van der Waals surface area contributed by atoms with E-state index in [1.807, 2.05) is 52.0 Å². The Morgan fingerprint density at radius 2 is 1.42 bits per heavy atom. The first-order valence-corrected chi connectivity index (χ1v) is 17.1. The minimum Gasteiger partial charge on any atom is -0.353 e. The van der Waals surface area contributed by atoms with Crippen molar-refractivity contribution in [2.24, 2.45) is 0 Å². The third kappa shape index (κ3) is 7.93. The van der Waals surface area contributed by atoms with Crippen molar-refractivity contribution in [3.63, 3.8) is 0 Å². The molecule has 232 valence electrons. The normalized spacial score (nSPS) is 22.5. The second-order valence-corrected chi connectivity index (χ2v) is 13.9. The average Bonchev–Trinajstić information content (AvgIpc) is 3.48. The van der Waals surface area contributed by atoms with Crippen molar-refractivity contribution in [2.45, 2.75) is 77.0 Å². The van der Waals surface area contributed by atoms with Gasteiger partial charge in [-0.1, -0.05) is 85.3 Å². The Balaban J connectivity index is 1.55. The number of sulfonamides is 1. The largest absolute Gasteiger partial charge is 0.353 e. The lowest BCUT2D eigenvalue weighted by molar-refractivity contribution is -0.167. The molecular weight excluding hydrogens is 558 g/mol. The van der Waals surface area contributed by atoms with Crippen molar-refractivity contribution in [1.82, 2.24) is 14.1 Å². The predicted octanol–water partition coefficient (Wildman–Crippen LogP) is 5.53. The molecule has 2 heterocycles. The molecule has 43 heavy (non-hydrogen) atoms. The number of rotatable bonds is 10. The number of nitrogens with zero attached hydrogens (tertiary/aromatic N) is 3. The van der Waals surface area contributed by atoms with Crippen LogP contribution in [0.1, 0.15) is 47.6 Å². The molecule has 3 atom stereocenters. The van der Waals surface area contributed by atoms with Gasteiger partial charge in [0.1, 0.15) is 0 Å². The van der Waals surface area contributed by atoms with Crippen molar-refractivity contribution >= 4 is 10.0 Å². The van der Waals surface area contributed by atoms with Crippen molar-refractivity contribution in [3.8, 4) is 0 Å². The lowest BCUT2D eigenvalue weighted by Gasteiger charge is -2.44. The Kier molecular flexibility index (Phi) is 10.7. The van der Waals surface area contributed by atoms with E-state index in [9.17, 15) is 8.42 Å². The van der Waals surface area contributed by atoms with E-state index in [-0.39, 0.29) is 12.4 Å². The minimum absolute atomic E-state index is 0.322. The van der Waals surface area contributed by atoms with Crippen LogP contribution in [-0.4, -0.2) is 80.3 Å². The van der Waals surface area contributed by atoms with Gasteiger partial charge in [-0.2, -0.15) is 4.31 Å². The summed E-state index contributed by atoms with van der Waals surface area (Å²) in [6.07, 6.45) is 1.08.